The topological polar surface area (TPSA) is 59.4 Å². The molecule has 1 N–H and O–H groups in total. The fourth-order valence-corrected chi connectivity index (χ4v) is 2.52. The molecule has 0 saturated carbocycles. The maximum Gasteiger partial charge on any atom is 0.336 e. The van der Waals surface area contributed by atoms with Crippen molar-refractivity contribution in [3.8, 4) is 5.75 Å². The molecular formula is C14H13NO3S. The molecule has 98 valence electrons. The first-order valence-corrected chi connectivity index (χ1v) is 6.62. The Labute approximate surface area is 115 Å². The van der Waals surface area contributed by atoms with Gasteiger partial charge in [-0.25, -0.2) is 9.78 Å². The van der Waals surface area contributed by atoms with Crippen LogP contribution >= 0.6 is 11.8 Å². The third kappa shape index (κ3) is 3.26. The van der Waals surface area contributed by atoms with E-state index in [0.717, 1.165) is 0 Å². The van der Waals surface area contributed by atoms with Gasteiger partial charge in [-0.15, -0.1) is 0 Å². The molecule has 0 radical (unpaired) electrons. The summed E-state index contributed by atoms with van der Waals surface area (Å²) in [5.41, 5.74) is 0.264. The van der Waals surface area contributed by atoms with Gasteiger partial charge in [0.15, 0.2) is 5.75 Å². The minimum absolute atomic E-state index is 0.264. The van der Waals surface area contributed by atoms with Gasteiger partial charge >= 0.3 is 5.97 Å². The molecule has 0 saturated heterocycles. The predicted molar refractivity (Wildman–Crippen MR) is 72.9 cm³/mol. The van der Waals surface area contributed by atoms with Crippen LogP contribution in [0.3, 0.4) is 0 Å². The lowest BCUT2D eigenvalue weighted by molar-refractivity contribution is 0.0693. The second-order valence-corrected chi connectivity index (χ2v) is 4.67. The standard InChI is InChI=1S/C14H13NO3S/c1-2-18-11-7-5-9-15-13(11)19-12-8-4-3-6-10(12)14(16)17/h3-9H,2H2,1H3,(H,16,17). The number of nitrogens with zero attached hydrogens (tertiary/aromatic N) is 1. The summed E-state index contributed by atoms with van der Waals surface area (Å²) in [4.78, 5) is 16.0. The number of benzene rings is 1. The third-order valence-electron chi connectivity index (χ3n) is 2.36. The van der Waals surface area contributed by atoms with Crippen LogP contribution in [0.25, 0.3) is 0 Å². The number of carboxylic acid groups (broad SMARTS) is 1. The maximum absolute atomic E-state index is 11.2. The van der Waals surface area contributed by atoms with E-state index in [1.165, 1.54) is 11.8 Å². The van der Waals surface area contributed by atoms with Crippen molar-refractivity contribution in [2.24, 2.45) is 0 Å². The van der Waals surface area contributed by atoms with Crippen molar-refractivity contribution in [3.63, 3.8) is 0 Å². The summed E-state index contributed by atoms with van der Waals surface area (Å²) in [5, 5.41) is 9.82. The summed E-state index contributed by atoms with van der Waals surface area (Å²) in [7, 11) is 0. The molecule has 2 rings (SSSR count). The normalized spacial score (nSPS) is 10.2. The Morgan fingerprint density at radius 1 is 1.32 bits per heavy atom. The molecule has 0 aliphatic carbocycles. The van der Waals surface area contributed by atoms with Crippen LogP contribution in [-0.2, 0) is 0 Å². The number of carbonyl (C=O) groups is 1. The number of carboxylic acids is 1. The van der Waals surface area contributed by atoms with Gasteiger partial charge in [-0.2, -0.15) is 0 Å². The van der Waals surface area contributed by atoms with Crippen LogP contribution in [0.15, 0.2) is 52.5 Å². The zero-order chi connectivity index (χ0) is 13.7. The van der Waals surface area contributed by atoms with Crippen molar-refractivity contribution >= 4 is 17.7 Å². The van der Waals surface area contributed by atoms with E-state index < -0.39 is 5.97 Å². The minimum Gasteiger partial charge on any atom is -0.491 e. The lowest BCUT2D eigenvalue weighted by atomic mass is 10.2. The third-order valence-corrected chi connectivity index (χ3v) is 3.44. The van der Waals surface area contributed by atoms with E-state index in [1.807, 2.05) is 13.0 Å². The molecule has 0 amide bonds. The molecule has 1 aromatic carbocycles. The first kappa shape index (κ1) is 13.4. The molecule has 0 fully saturated rings. The molecule has 0 aliphatic heterocycles. The van der Waals surface area contributed by atoms with E-state index in [0.29, 0.717) is 22.3 Å². The van der Waals surface area contributed by atoms with Gasteiger partial charge in [0.05, 0.1) is 12.2 Å². The van der Waals surface area contributed by atoms with Crippen LogP contribution in [0.4, 0.5) is 0 Å². The lowest BCUT2D eigenvalue weighted by Gasteiger charge is -2.09. The van der Waals surface area contributed by atoms with Gasteiger partial charge in [0, 0.05) is 11.1 Å². The summed E-state index contributed by atoms with van der Waals surface area (Å²) in [6.07, 6.45) is 1.66. The average Bonchev–Trinajstić information content (AvgIpc) is 2.42. The highest BCUT2D eigenvalue weighted by molar-refractivity contribution is 7.99. The Morgan fingerprint density at radius 2 is 2.11 bits per heavy atom. The molecule has 19 heavy (non-hydrogen) atoms. The van der Waals surface area contributed by atoms with Gasteiger partial charge in [0.25, 0.3) is 0 Å². The summed E-state index contributed by atoms with van der Waals surface area (Å²) in [6, 6.07) is 10.5. The number of aromatic carboxylic acids is 1. The highest BCUT2D eigenvalue weighted by Crippen LogP contribution is 2.34. The fraction of sp³-hybridized carbons (Fsp3) is 0.143. The summed E-state index contributed by atoms with van der Waals surface area (Å²) in [5.74, 6) is -0.285. The molecule has 0 aliphatic rings. The Bertz CT molecular complexity index is 586. The van der Waals surface area contributed by atoms with Crippen molar-refractivity contribution in [1.29, 1.82) is 0 Å². The summed E-state index contributed by atoms with van der Waals surface area (Å²) >= 11 is 1.29. The number of rotatable bonds is 5. The van der Waals surface area contributed by atoms with E-state index in [-0.39, 0.29) is 5.56 Å². The van der Waals surface area contributed by atoms with Crippen molar-refractivity contribution in [3.05, 3.63) is 48.2 Å². The van der Waals surface area contributed by atoms with Gasteiger partial charge in [-0.3, -0.25) is 0 Å². The van der Waals surface area contributed by atoms with Crippen LogP contribution in [0.5, 0.6) is 5.75 Å². The highest BCUT2D eigenvalue weighted by Gasteiger charge is 2.13. The van der Waals surface area contributed by atoms with E-state index in [4.69, 9.17) is 9.84 Å². The Morgan fingerprint density at radius 3 is 2.84 bits per heavy atom. The lowest BCUT2D eigenvalue weighted by Crippen LogP contribution is -1.99. The van der Waals surface area contributed by atoms with Gasteiger partial charge < -0.3 is 9.84 Å². The molecule has 0 unspecified atom stereocenters. The van der Waals surface area contributed by atoms with Crippen LogP contribution in [0, 0.1) is 0 Å². The molecule has 2 aromatic rings. The molecule has 4 nitrogen and oxygen atoms in total. The average molecular weight is 275 g/mol. The molecule has 5 heteroatoms. The Kier molecular flexibility index (Phi) is 4.41. The highest BCUT2D eigenvalue weighted by atomic mass is 32.2. The number of hydrogen-bond acceptors (Lipinski definition) is 4. The van der Waals surface area contributed by atoms with Crippen LogP contribution in [0.1, 0.15) is 17.3 Å². The predicted octanol–water partition coefficient (Wildman–Crippen LogP) is 3.33. The van der Waals surface area contributed by atoms with Crippen molar-refractivity contribution in [2.45, 2.75) is 16.8 Å². The number of hydrogen-bond donors (Lipinski definition) is 1. The van der Waals surface area contributed by atoms with Crippen molar-refractivity contribution in [1.82, 2.24) is 4.98 Å². The second kappa shape index (κ2) is 6.24. The quantitative estimate of drug-likeness (QED) is 0.907. The summed E-state index contributed by atoms with van der Waals surface area (Å²) in [6.45, 7) is 2.44. The molecule has 0 atom stereocenters. The van der Waals surface area contributed by atoms with E-state index in [1.54, 1.807) is 36.5 Å². The zero-order valence-electron chi connectivity index (χ0n) is 10.4. The smallest absolute Gasteiger partial charge is 0.336 e. The Hall–Kier alpha value is -2.01. The molecular weight excluding hydrogens is 262 g/mol. The van der Waals surface area contributed by atoms with Crippen molar-refractivity contribution in [2.75, 3.05) is 6.61 Å². The minimum atomic E-state index is -0.947. The van der Waals surface area contributed by atoms with Crippen molar-refractivity contribution < 1.29 is 14.6 Å². The molecule has 1 aromatic heterocycles. The number of aromatic nitrogens is 1. The number of pyridine rings is 1. The second-order valence-electron chi connectivity index (χ2n) is 3.64. The first-order chi connectivity index (χ1) is 9.22. The summed E-state index contributed by atoms with van der Waals surface area (Å²) < 4.78 is 5.48. The maximum atomic E-state index is 11.2. The van der Waals surface area contributed by atoms with E-state index in [9.17, 15) is 4.79 Å². The number of ether oxygens (including phenoxy) is 1. The van der Waals surface area contributed by atoms with Gasteiger partial charge in [-0.1, -0.05) is 23.9 Å². The SMILES string of the molecule is CCOc1cccnc1Sc1ccccc1C(=O)O. The molecule has 1 heterocycles. The van der Waals surface area contributed by atoms with Crippen LogP contribution < -0.4 is 4.74 Å². The van der Waals surface area contributed by atoms with Gasteiger partial charge in [0.1, 0.15) is 5.03 Å². The van der Waals surface area contributed by atoms with E-state index in [2.05, 4.69) is 4.98 Å². The largest absolute Gasteiger partial charge is 0.491 e. The van der Waals surface area contributed by atoms with Gasteiger partial charge in [-0.05, 0) is 31.2 Å². The van der Waals surface area contributed by atoms with Gasteiger partial charge in [0.2, 0.25) is 0 Å². The monoisotopic (exact) mass is 275 g/mol. The van der Waals surface area contributed by atoms with Crippen LogP contribution in [0.2, 0.25) is 0 Å². The fourth-order valence-electron chi connectivity index (χ4n) is 1.55. The Balaban J connectivity index is 2.34. The van der Waals surface area contributed by atoms with Crippen LogP contribution in [-0.4, -0.2) is 22.7 Å². The molecule has 0 bridgehead atoms. The zero-order valence-corrected chi connectivity index (χ0v) is 11.2. The molecule has 0 spiro atoms. The first-order valence-electron chi connectivity index (χ1n) is 5.80. The van der Waals surface area contributed by atoms with E-state index >= 15 is 0 Å².